The Morgan fingerprint density at radius 3 is 2.48 bits per heavy atom. The Balaban J connectivity index is 1.76. The maximum atomic E-state index is 13.1. The molecule has 176 valence electrons. The van der Waals surface area contributed by atoms with Gasteiger partial charge in [0.25, 0.3) is 0 Å². The lowest BCUT2D eigenvalue weighted by Gasteiger charge is -2.47. The summed E-state index contributed by atoms with van der Waals surface area (Å²) in [4.78, 5) is 25.7. The molecule has 1 saturated heterocycles. The molecule has 1 aliphatic heterocycles. The zero-order chi connectivity index (χ0) is 23.8. The predicted octanol–water partition coefficient (Wildman–Crippen LogP) is 7.56. The number of carbonyl (C=O) groups excluding carboxylic acids is 2. The Kier molecular flexibility index (Phi) is 7.21. The number of carbonyl (C=O) groups is 2. The van der Waals surface area contributed by atoms with Crippen molar-refractivity contribution in [1.82, 2.24) is 5.32 Å². The van der Waals surface area contributed by atoms with Crippen molar-refractivity contribution in [2.75, 3.05) is 0 Å². The van der Waals surface area contributed by atoms with E-state index in [0.717, 1.165) is 37.7 Å². The van der Waals surface area contributed by atoms with Crippen molar-refractivity contribution in [2.24, 2.45) is 11.3 Å². The van der Waals surface area contributed by atoms with Crippen LogP contribution in [0.4, 0.5) is 0 Å². The molecule has 1 N–H and O–H groups in total. The Labute approximate surface area is 207 Å². The number of nitrogens with one attached hydrogen (secondary N) is 1. The number of halogens is 2. The van der Waals surface area contributed by atoms with Crippen molar-refractivity contribution < 1.29 is 9.59 Å². The average Bonchev–Trinajstić information content (AvgIpc) is 3.07. The van der Waals surface area contributed by atoms with E-state index in [9.17, 15) is 9.59 Å². The Hall–Kier alpha value is -1.84. The zero-order valence-corrected chi connectivity index (χ0v) is 21.2. The van der Waals surface area contributed by atoms with Gasteiger partial charge in [0.2, 0.25) is 5.91 Å². The lowest BCUT2D eigenvalue weighted by Crippen LogP contribution is -2.43. The van der Waals surface area contributed by atoms with Crippen molar-refractivity contribution in [3.05, 3.63) is 69.2 Å². The van der Waals surface area contributed by atoms with Gasteiger partial charge in [-0.3, -0.25) is 9.59 Å². The van der Waals surface area contributed by atoms with Gasteiger partial charge in [-0.25, -0.2) is 0 Å². The van der Waals surface area contributed by atoms with Gasteiger partial charge in [0.1, 0.15) is 0 Å². The average molecular weight is 486 g/mol. The van der Waals surface area contributed by atoms with Crippen LogP contribution in [0.15, 0.2) is 42.5 Å². The molecule has 5 heteroatoms. The number of rotatable bonds is 7. The molecule has 1 aliphatic carbocycles. The van der Waals surface area contributed by atoms with Gasteiger partial charge in [0, 0.05) is 34.0 Å². The second-order valence-electron chi connectivity index (χ2n) is 9.78. The highest BCUT2D eigenvalue weighted by Crippen LogP contribution is 2.60. The molecule has 4 rings (SSSR count). The van der Waals surface area contributed by atoms with Crippen LogP contribution in [0.25, 0.3) is 0 Å². The number of amides is 1. The van der Waals surface area contributed by atoms with E-state index in [4.69, 9.17) is 23.2 Å². The van der Waals surface area contributed by atoms with Crippen molar-refractivity contribution >= 4 is 34.9 Å². The highest BCUT2D eigenvalue weighted by molar-refractivity contribution is 6.32. The van der Waals surface area contributed by atoms with Crippen LogP contribution in [-0.4, -0.2) is 17.7 Å². The quantitative estimate of drug-likeness (QED) is 0.411. The minimum Gasteiger partial charge on any atom is -0.353 e. The smallest absolute Gasteiger partial charge is 0.226 e. The third-order valence-corrected chi connectivity index (χ3v) is 8.65. The van der Waals surface area contributed by atoms with Crippen LogP contribution in [0.1, 0.15) is 92.6 Å². The highest BCUT2D eigenvalue weighted by Gasteiger charge is 2.59. The van der Waals surface area contributed by atoms with E-state index < -0.39 is 0 Å². The third kappa shape index (κ3) is 4.35. The maximum absolute atomic E-state index is 13.1. The van der Waals surface area contributed by atoms with Crippen LogP contribution in [0.3, 0.4) is 0 Å². The molecule has 0 aromatic heterocycles. The van der Waals surface area contributed by atoms with Crippen LogP contribution in [0, 0.1) is 11.3 Å². The Bertz CT molecular complexity index is 1030. The van der Waals surface area contributed by atoms with E-state index in [2.05, 4.69) is 38.2 Å². The van der Waals surface area contributed by atoms with Crippen molar-refractivity contribution in [3.63, 3.8) is 0 Å². The topological polar surface area (TPSA) is 46.2 Å². The summed E-state index contributed by atoms with van der Waals surface area (Å²) in [5.41, 5.74) is 2.59. The fourth-order valence-corrected chi connectivity index (χ4v) is 6.82. The molecule has 0 radical (unpaired) electrons. The molecule has 2 aromatic carbocycles. The number of fused-ring (bicyclic) bond motifs is 1. The van der Waals surface area contributed by atoms with Gasteiger partial charge < -0.3 is 5.32 Å². The van der Waals surface area contributed by atoms with Gasteiger partial charge in [-0.15, -0.1) is 0 Å². The second-order valence-corrected chi connectivity index (χ2v) is 10.6. The predicted molar refractivity (Wildman–Crippen MR) is 135 cm³/mol. The second kappa shape index (κ2) is 9.80. The summed E-state index contributed by atoms with van der Waals surface area (Å²) in [7, 11) is 0. The number of ketones is 1. The largest absolute Gasteiger partial charge is 0.353 e. The van der Waals surface area contributed by atoms with Gasteiger partial charge in [-0.1, -0.05) is 67.7 Å². The summed E-state index contributed by atoms with van der Waals surface area (Å²) in [5.74, 6) is 0.787. The van der Waals surface area contributed by atoms with E-state index in [1.807, 2.05) is 30.3 Å². The molecule has 33 heavy (non-hydrogen) atoms. The minimum atomic E-state index is -0.358. The molecular formula is C28H33Cl2NO2. The fourth-order valence-electron chi connectivity index (χ4n) is 6.38. The van der Waals surface area contributed by atoms with Gasteiger partial charge >= 0.3 is 0 Å². The molecule has 1 saturated carbocycles. The summed E-state index contributed by atoms with van der Waals surface area (Å²) in [6.45, 7) is 6.35. The van der Waals surface area contributed by atoms with E-state index in [1.165, 1.54) is 5.56 Å². The fraction of sp³-hybridized carbons (Fsp3) is 0.500. The molecule has 1 heterocycles. The molecule has 0 spiro atoms. The first-order valence-corrected chi connectivity index (χ1v) is 13.0. The van der Waals surface area contributed by atoms with E-state index >= 15 is 0 Å². The molecule has 1 amide bonds. The number of hydrogen-bond donors (Lipinski definition) is 1. The zero-order valence-electron chi connectivity index (χ0n) is 19.7. The lowest BCUT2D eigenvalue weighted by atomic mass is 9.54. The number of hydrogen-bond acceptors (Lipinski definition) is 2. The minimum absolute atomic E-state index is 0.0783. The maximum Gasteiger partial charge on any atom is 0.226 e. The number of Topliss-reactive ketones (excluding diaryl/α,β-unsaturated/α-hetero) is 1. The summed E-state index contributed by atoms with van der Waals surface area (Å²) < 4.78 is 0. The molecule has 0 bridgehead atoms. The number of unbranched alkanes of at least 4 members (excludes halogenated alkanes) is 1. The molecule has 5 atom stereocenters. The highest BCUT2D eigenvalue weighted by atomic mass is 35.5. The first-order valence-electron chi connectivity index (χ1n) is 12.2. The SMILES string of the molecule is CCCCC(=O)c1ccc([C@@H]2CC[C@@]3(CC)C(=O)N[C@H](C)[C@H]3[C@H]2c2ccc(Cl)cc2)c(Cl)c1. The lowest BCUT2D eigenvalue weighted by molar-refractivity contribution is -0.131. The Morgan fingerprint density at radius 1 is 1.12 bits per heavy atom. The standard InChI is InChI=1S/C28H33Cl2NO2/c1-4-6-7-24(32)19-10-13-21(23(30)16-19)22-14-15-28(5-2)26(17(3)31-27(28)33)25(22)18-8-11-20(29)12-9-18/h8-13,16-17,22,25-26H,4-7,14-15H2,1-3H3,(H,31,33)/t17-,22+,25+,26+,28-/m1/s1. The molecule has 2 fully saturated rings. The van der Waals surface area contributed by atoms with Crippen LogP contribution < -0.4 is 5.32 Å². The van der Waals surface area contributed by atoms with Crippen molar-refractivity contribution in [1.29, 1.82) is 0 Å². The summed E-state index contributed by atoms with van der Waals surface area (Å²) in [6.07, 6.45) is 4.97. The summed E-state index contributed by atoms with van der Waals surface area (Å²) in [5, 5.41) is 4.60. The van der Waals surface area contributed by atoms with Gasteiger partial charge in [-0.05, 0) is 73.8 Å². The first-order chi connectivity index (χ1) is 15.8. The third-order valence-electron chi connectivity index (χ3n) is 8.07. The van der Waals surface area contributed by atoms with Crippen LogP contribution >= 0.6 is 23.2 Å². The molecule has 2 aliphatic rings. The summed E-state index contributed by atoms with van der Waals surface area (Å²) in [6, 6.07) is 14.0. The molecule has 3 nitrogen and oxygen atoms in total. The molecule has 0 unspecified atom stereocenters. The first kappa shape index (κ1) is 24.3. The van der Waals surface area contributed by atoms with E-state index in [1.54, 1.807) is 0 Å². The number of benzene rings is 2. The van der Waals surface area contributed by atoms with Gasteiger partial charge in [-0.2, -0.15) is 0 Å². The van der Waals surface area contributed by atoms with E-state index in [0.29, 0.717) is 22.0 Å². The van der Waals surface area contributed by atoms with E-state index in [-0.39, 0.29) is 40.9 Å². The van der Waals surface area contributed by atoms with Crippen molar-refractivity contribution in [2.45, 2.75) is 77.2 Å². The normalized spacial score (nSPS) is 28.9. The van der Waals surface area contributed by atoms with Crippen molar-refractivity contribution in [3.8, 4) is 0 Å². The molecular weight excluding hydrogens is 453 g/mol. The summed E-state index contributed by atoms with van der Waals surface area (Å²) >= 11 is 13.1. The van der Waals surface area contributed by atoms with Gasteiger partial charge in [0.05, 0.1) is 5.41 Å². The molecule has 2 aromatic rings. The van der Waals surface area contributed by atoms with Gasteiger partial charge in [0.15, 0.2) is 5.78 Å². The monoisotopic (exact) mass is 485 g/mol. The Morgan fingerprint density at radius 2 is 1.85 bits per heavy atom. The van der Waals surface area contributed by atoms with Crippen LogP contribution in [-0.2, 0) is 4.79 Å². The van der Waals surface area contributed by atoms with Crippen LogP contribution in [0.2, 0.25) is 10.0 Å². The van der Waals surface area contributed by atoms with Crippen LogP contribution in [0.5, 0.6) is 0 Å².